The molecule has 6 nitrogen and oxygen atoms in total. The average Bonchev–Trinajstić information content (AvgIpc) is 3.08. The van der Waals surface area contributed by atoms with E-state index in [9.17, 15) is 4.79 Å². The number of para-hydroxylation sites is 1. The predicted octanol–water partition coefficient (Wildman–Crippen LogP) is 1.27. The highest BCUT2D eigenvalue weighted by Crippen LogP contribution is 2.17. The van der Waals surface area contributed by atoms with Crippen LogP contribution in [-0.2, 0) is 13.5 Å². The number of benzene rings is 1. The second kappa shape index (κ2) is 5.16. The van der Waals surface area contributed by atoms with E-state index in [0.717, 1.165) is 23.0 Å². The second-order valence-electron chi connectivity index (χ2n) is 4.58. The summed E-state index contributed by atoms with van der Waals surface area (Å²) in [4.78, 5) is 12.2. The fourth-order valence-electron chi connectivity index (χ4n) is 2.20. The van der Waals surface area contributed by atoms with Crippen molar-refractivity contribution in [3.8, 4) is 0 Å². The third kappa shape index (κ3) is 2.27. The molecule has 1 aromatic carbocycles. The third-order valence-electron chi connectivity index (χ3n) is 3.21. The van der Waals surface area contributed by atoms with Crippen molar-refractivity contribution in [1.29, 1.82) is 0 Å². The zero-order chi connectivity index (χ0) is 13.9. The number of carbonyl (C=O) groups excluding carboxylic acids is 1. The summed E-state index contributed by atoms with van der Waals surface area (Å²) in [6, 6.07) is 9.59. The van der Waals surface area contributed by atoms with Gasteiger partial charge in [0.15, 0.2) is 5.69 Å². The Kier molecular flexibility index (Phi) is 3.20. The Hall–Kier alpha value is -2.63. The quantitative estimate of drug-likeness (QED) is 0.749. The number of aromatic amines is 1. The van der Waals surface area contributed by atoms with E-state index in [0.29, 0.717) is 12.2 Å². The molecule has 6 heteroatoms. The van der Waals surface area contributed by atoms with E-state index < -0.39 is 0 Å². The lowest BCUT2D eigenvalue weighted by atomic mass is 10.2. The first-order valence-corrected chi connectivity index (χ1v) is 6.44. The summed E-state index contributed by atoms with van der Waals surface area (Å²) in [6.07, 6.45) is 2.42. The zero-order valence-electron chi connectivity index (χ0n) is 11.1. The summed E-state index contributed by atoms with van der Waals surface area (Å²) in [6.45, 7) is 0.548. The predicted molar refractivity (Wildman–Crippen MR) is 75.3 cm³/mol. The maximum atomic E-state index is 12.2. The molecule has 0 bridgehead atoms. The van der Waals surface area contributed by atoms with Gasteiger partial charge < -0.3 is 5.32 Å². The number of hydrogen-bond donors (Lipinski definition) is 2. The Morgan fingerprint density at radius 3 is 3.00 bits per heavy atom. The van der Waals surface area contributed by atoms with Gasteiger partial charge in [-0.1, -0.05) is 18.2 Å². The third-order valence-corrected chi connectivity index (χ3v) is 3.21. The Morgan fingerprint density at radius 1 is 1.35 bits per heavy atom. The number of carbonyl (C=O) groups is 1. The highest BCUT2D eigenvalue weighted by Gasteiger charge is 2.14. The number of aryl methyl sites for hydroxylation is 1. The van der Waals surface area contributed by atoms with Gasteiger partial charge in [-0.2, -0.15) is 10.2 Å². The highest BCUT2D eigenvalue weighted by atomic mass is 16.1. The number of rotatable bonds is 4. The molecule has 20 heavy (non-hydrogen) atoms. The van der Waals surface area contributed by atoms with E-state index in [1.165, 1.54) is 0 Å². The summed E-state index contributed by atoms with van der Waals surface area (Å²) >= 11 is 0. The largest absolute Gasteiger partial charge is 0.350 e. The monoisotopic (exact) mass is 269 g/mol. The minimum absolute atomic E-state index is 0.152. The van der Waals surface area contributed by atoms with E-state index in [1.807, 2.05) is 37.4 Å². The zero-order valence-corrected chi connectivity index (χ0v) is 11.1. The summed E-state index contributed by atoms with van der Waals surface area (Å²) in [5.41, 5.74) is 2.41. The number of hydrogen-bond acceptors (Lipinski definition) is 3. The summed E-state index contributed by atoms with van der Waals surface area (Å²) in [5.74, 6) is -0.152. The molecule has 1 amide bonds. The average molecular weight is 269 g/mol. The van der Waals surface area contributed by atoms with Crippen LogP contribution in [0.3, 0.4) is 0 Å². The molecule has 3 rings (SSSR count). The van der Waals surface area contributed by atoms with Crippen molar-refractivity contribution >= 4 is 16.8 Å². The van der Waals surface area contributed by atoms with Gasteiger partial charge in [-0.15, -0.1) is 0 Å². The molecule has 102 valence electrons. The minimum atomic E-state index is -0.152. The van der Waals surface area contributed by atoms with Crippen molar-refractivity contribution in [2.75, 3.05) is 6.54 Å². The molecule has 2 aromatic heterocycles. The molecule has 0 aliphatic carbocycles. The van der Waals surface area contributed by atoms with E-state index in [4.69, 9.17) is 0 Å². The van der Waals surface area contributed by atoms with Gasteiger partial charge in [-0.05, 0) is 12.1 Å². The van der Waals surface area contributed by atoms with Gasteiger partial charge in [-0.25, -0.2) is 0 Å². The van der Waals surface area contributed by atoms with Crippen LogP contribution < -0.4 is 5.32 Å². The molecule has 0 saturated carbocycles. The molecule has 2 heterocycles. The highest BCUT2D eigenvalue weighted by molar-refractivity contribution is 6.04. The minimum Gasteiger partial charge on any atom is -0.350 e. The lowest BCUT2D eigenvalue weighted by Gasteiger charge is -2.02. The Labute approximate surface area is 115 Å². The molecule has 0 atom stereocenters. The molecule has 0 spiro atoms. The standard InChI is InChI=1S/C14H15N5O/c1-19-12-5-3-2-4-11(12)13(18-19)14(20)15-8-6-10-7-9-16-17-10/h2-5,7,9H,6,8H2,1H3,(H,15,20)(H,16,17). The smallest absolute Gasteiger partial charge is 0.272 e. The molecule has 0 radical (unpaired) electrons. The molecule has 0 aliphatic rings. The molecule has 2 N–H and O–H groups in total. The second-order valence-corrected chi connectivity index (χ2v) is 4.58. The molecule has 0 aliphatic heterocycles. The first-order chi connectivity index (χ1) is 9.75. The van der Waals surface area contributed by atoms with E-state index >= 15 is 0 Å². The molecule has 0 unspecified atom stereocenters. The van der Waals surface area contributed by atoms with Gasteiger partial charge in [0.25, 0.3) is 5.91 Å². The SMILES string of the molecule is Cn1nc(C(=O)NCCc2ccn[nH]2)c2ccccc21. The van der Waals surface area contributed by atoms with Gasteiger partial charge >= 0.3 is 0 Å². The van der Waals surface area contributed by atoms with Gasteiger partial charge in [-0.3, -0.25) is 14.6 Å². The van der Waals surface area contributed by atoms with Crippen LogP contribution >= 0.6 is 0 Å². The Balaban J connectivity index is 1.72. The van der Waals surface area contributed by atoms with Crippen LogP contribution in [0.5, 0.6) is 0 Å². The molecule has 0 fully saturated rings. The van der Waals surface area contributed by atoms with Crippen molar-refractivity contribution in [2.45, 2.75) is 6.42 Å². The number of H-pyrrole nitrogens is 1. The number of nitrogens with zero attached hydrogens (tertiary/aromatic N) is 3. The van der Waals surface area contributed by atoms with Crippen LogP contribution in [0, 0.1) is 0 Å². The lowest BCUT2D eigenvalue weighted by Crippen LogP contribution is -2.26. The van der Waals surface area contributed by atoms with Crippen LogP contribution in [-0.4, -0.2) is 32.4 Å². The summed E-state index contributed by atoms with van der Waals surface area (Å²) in [7, 11) is 1.84. The molecular formula is C14H15N5O. The fourth-order valence-corrected chi connectivity index (χ4v) is 2.20. The molecule has 0 saturated heterocycles. The van der Waals surface area contributed by atoms with Gasteiger partial charge in [0, 0.05) is 37.3 Å². The van der Waals surface area contributed by atoms with E-state index in [-0.39, 0.29) is 5.91 Å². The number of fused-ring (bicyclic) bond motifs is 1. The first kappa shape index (κ1) is 12.4. The van der Waals surface area contributed by atoms with Crippen molar-refractivity contribution in [3.63, 3.8) is 0 Å². The van der Waals surface area contributed by atoms with Crippen LogP contribution in [0.25, 0.3) is 10.9 Å². The van der Waals surface area contributed by atoms with E-state index in [1.54, 1.807) is 10.9 Å². The Bertz CT molecular complexity index is 729. The van der Waals surface area contributed by atoms with Crippen molar-refractivity contribution in [2.24, 2.45) is 7.05 Å². The lowest BCUT2D eigenvalue weighted by molar-refractivity contribution is 0.0950. The fraction of sp³-hybridized carbons (Fsp3) is 0.214. The maximum Gasteiger partial charge on any atom is 0.272 e. The molecular weight excluding hydrogens is 254 g/mol. The van der Waals surface area contributed by atoms with E-state index in [2.05, 4.69) is 20.6 Å². The Morgan fingerprint density at radius 2 is 2.20 bits per heavy atom. The summed E-state index contributed by atoms with van der Waals surface area (Å²) < 4.78 is 1.72. The van der Waals surface area contributed by atoms with Crippen LogP contribution in [0.1, 0.15) is 16.2 Å². The maximum absolute atomic E-state index is 12.2. The van der Waals surface area contributed by atoms with Crippen molar-refractivity contribution < 1.29 is 4.79 Å². The number of aromatic nitrogens is 4. The van der Waals surface area contributed by atoms with Crippen LogP contribution in [0.4, 0.5) is 0 Å². The van der Waals surface area contributed by atoms with Gasteiger partial charge in [0.1, 0.15) is 0 Å². The topological polar surface area (TPSA) is 75.6 Å². The number of amides is 1. The van der Waals surface area contributed by atoms with Crippen LogP contribution in [0.15, 0.2) is 36.5 Å². The molecule has 3 aromatic rings. The van der Waals surface area contributed by atoms with Gasteiger partial charge in [0.2, 0.25) is 0 Å². The van der Waals surface area contributed by atoms with Crippen LogP contribution in [0.2, 0.25) is 0 Å². The summed E-state index contributed by atoms with van der Waals surface area (Å²) in [5, 5.41) is 14.8. The van der Waals surface area contributed by atoms with Crippen molar-refractivity contribution in [1.82, 2.24) is 25.3 Å². The van der Waals surface area contributed by atoms with Crippen molar-refractivity contribution in [3.05, 3.63) is 47.9 Å². The normalized spacial score (nSPS) is 10.8. The first-order valence-electron chi connectivity index (χ1n) is 6.44. The van der Waals surface area contributed by atoms with Gasteiger partial charge in [0.05, 0.1) is 5.52 Å². The number of nitrogens with one attached hydrogen (secondary N) is 2.